The van der Waals surface area contributed by atoms with E-state index in [1.54, 1.807) is 31.4 Å². The minimum absolute atomic E-state index is 0.0284. The van der Waals surface area contributed by atoms with E-state index in [-0.39, 0.29) is 12.5 Å². The Kier molecular flexibility index (Phi) is 7.01. The first kappa shape index (κ1) is 19.6. The number of benzene rings is 2. The second-order valence-electron chi connectivity index (χ2n) is 6.55. The summed E-state index contributed by atoms with van der Waals surface area (Å²) < 4.78 is 10.7. The van der Waals surface area contributed by atoms with E-state index in [1.165, 1.54) is 17.1 Å². The Morgan fingerprint density at radius 3 is 2.52 bits per heavy atom. The van der Waals surface area contributed by atoms with Gasteiger partial charge in [-0.3, -0.25) is 9.69 Å². The SMILES string of the molecule is COc1ccc(OCC(=O)Nc2cc(CN3CCSCC3)ccc2C)cc1. The lowest BCUT2D eigenvalue weighted by molar-refractivity contribution is -0.118. The molecule has 6 heteroatoms. The molecular weight excluding hydrogens is 360 g/mol. The molecule has 0 spiro atoms. The Morgan fingerprint density at radius 2 is 1.81 bits per heavy atom. The molecule has 27 heavy (non-hydrogen) atoms. The summed E-state index contributed by atoms with van der Waals surface area (Å²) in [5, 5.41) is 2.97. The number of hydrogen-bond acceptors (Lipinski definition) is 5. The van der Waals surface area contributed by atoms with Crippen LogP contribution >= 0.6 is 11.8 Å². The third-order valence-corrected chi connectivity index (χ3v) is 5.46. The Morgan fingerprint density at radius 1 is 1.11 bits per heavy atom. The number of nitrogens with zero attached hydrogens (tertiary/aromatic N) is 1. The van der Waals surface area contributed by atoms with E-state index in [4.69, 9.17) is 9.47 Å². The fourth-order valence-electron chi connectivity index (χ4n) is 2.93. The largest absolute Gasteiger partial charge is 0.497 e. The highest BCUT2D eigenvalue weighted by molar-refractivity contribution is 7.99. The maximum Gasteiger partial charge on any atom is 0.262 e. The zero-order valence-corrected chi connectivity index (χ0v) is 16.7. The van der Waals surface area contributed by atoms with Crippen LogP contribution in [-0.2, 0) is 11.3 Å². The van der Waals surface area contributed by atoms with E-state index < -0.39 is 0 Å². The zero-order valence-electron chi connectivity index (χ0n) is 15.9. The molecule has 2 aromatic rings. The topological polar surface area (TPSA) is 50.8 Å². The lowest BCUT2D eigenvalue weighted by Gasteiger charge is -2.26. The molecule has 0 atom stereocenters. The van der Waals surface area contributed by atoms with E-state index in [2.05, 4.69) is 28.4 Å². The van der Waals surface area contributed by atoms with E-state index >= 15 is 0 Å². The minimum Gasteiger partial charge on any atom is -0.497 e. The molecule has 3 rings (SSSR count). The maximum absolute atomic E-state index is 12.3. The van der Waals surface area contributed by atoms with E-state index in [0.717, 1.165) is 36.6 Å². The number of amides is 1. The molecule has 0 unspecified atom stereocenters. The van der Waals surface area contributed by atoms with E-state index in [0.29, 0.717) is 5.75 Å². The van der Waals surface area contributed by atoms with Crippen molar-refractivity contribution in [2.75, 3.05) is 43.6 Å². The van der Waals surface area contributed by atoms with Crippen molar-refractivity contribution in [1.29, 1.82) is 0 Å². The lowest BCUT2D eigenvalue weighted by atomic mass is 10.1. The van der Waals surface area contributed by atoms with Gasteiger partial charge in [0.2, 0.25) is 0 Å². The molecule has 0 aliphatic carbocycles. The molecule has 1 saturated heterocycles. The van der Waals surface area contributed by atoms with Gasteiger partial charge in [0.1, 0.15) is 11.5 Å². The van der Waals surface area contributed by atoms with Gasteiger partial charge in [-0.2, -0.15) is 11.8 Å². The van der Waals surface area contributed by atoms with Crippen molar-refractivity contribution >= 4 is 23.4 Å². The van der Waals surface area contributed by atoms with Crippen LogP contribution in [0.5, 0.6) is 11.5 Å². The van der Waals surface area contributed by atoms with Crippen LogP contribution in [0, 0.1) is 6.92 Å². The van der Waals surface area contributed by atoms with Crippen LogP contribution in [-0.4, -0.2) is 49.1 Å². The molecule has 2 aromatic carbocycles. The average molecular weight is 387 g/mol. The first-order valence-electron chi connectivity index (χ1n) is 9.10. The normalized spacial score (nSPS) is 14.6. The van der Waals surface area contributed by atoms with Gasteiger partial charge in [-0.25, -0.2) is 0 Å². The van der Waals surface area contributed by atoms with Crippen LogP contribution in [0.2, 0.25) is 0 Å². The highest BCUT2D eigenvalue weighted by Crippen LogP contribution is 2.20. The van der Waals surface area contributed by atoms with Gasteiger partial charge in [-0.1, -0.05) is 12.1 Å². The molecule has 0 bridgehead atoms. The number of aryl methyl sites for hydroxylation is 1. The molecular formula is C21H26N2O3S. The van der Waals surface area contributed by atoms with Gasteiger partial charge in [-0.15, -0.1) is 0 Å². The molecule has 0 aromatic heterocycles. The molecule has 0 saturated carbocycles. The van der Waals surface area contributed by atoms with Crippen molar-refractivity contribution in [1.82, 2.24) is 4.90 Å². The van der Waals surface area contributed by atoms with Crippen LogP contribution in [0.1, 0.15) is 11.1 Å². The fourth-order valence-corrected chi connectivity index (χ4v) is 3.91. The molecule has 1 fully saturated rings. The average Bonchev–Trinajstić information content (AvgIpc) is 2.70. The molecule has 1 amide bonds. The molecule has 1 aliphatic rings. The Labute approximate surface area is 165 Å². The van der Waals surface area contributed by atoms with Gasteiger partial charge in [-0.05, 0) is 48.4 Å². The Hall–Kier alpha value is -2.18. The van der Waals surface area contributed by atoms with Crippen molar-refractivity contribution in [3.05, 3.63) is 53.6 Å². The first-order chi connectivity index (χ1) is 13.1. The second-order valence-corrected chi connectivity index (χ2v) is 7.77. The van der Waals surface area contributed by atoms with Gasteiger partial charge in [0.15, 0.2) is 6.61 Å². The van der Waals surface area contributed by atoms with Gasteiger partial charge in [0, 0.05) is 36.8 Å². The van der Waals surface area contributed by atoms with Crippen molar-refractivity contribution < 1.29 is 14.3 Å². The Bertz CT molecular complexity index is 759. The Balaban J connectivity index is 1.55. The standard InChI is InChI=1S/C21H26N2O3S/c1-16-3-4-17(14-23-9-11-27-12-10-23)13-20(16)22-21(24)15-26-19-7-5-18(25-2)6-8-19/h3-8,13H,9-12,14-15H2,1-2H3,(H,22,24). The number of carbonyl (C=O) groups excluding carboxylic acids is 1. The minimum atomic E-state index is -0.166. The third kappa shape index (κ3) is 5.91. The summed E-state index contributed by atoms with van der Waals surface area (Å²) >= 11 is 2.01. The number of methoxy groups -OCH3 is 1. The summed E-state index contributed by atoms with van der Waals surface area (Å²) in [7, 11) is 1.62. The van der Waals surface area contributed by atoms with E-state index in [9.17, 15) is 4.79 Å². The molecule has 0 radical (unpaired) electrons. The lowest BCUT2D eigenvalue weighted by Crippen LogP contribution is -2.32. The number of nitrogens with one attached hydrogen (secondary N) is 1. The second kappa shape index (κ2) is 9.67. The van der Waals surface area contributed by atoms with Crippen molar-refractivity contribution in [2.24, 2.45) is 0 Å². The highest BCUT2D eigenvalue weighted by atomic mass is 32.2. The van der Waals surface area contributed by atoms with Crippen LogP contribution in [0.3, 0.4) is 0 Å². The van der Waals surface area contributed by atoms with Gasteiger partial charge in [0.05, 0.1) is 7.11 Å². The molecule has 1 heterocycles. The summed E-state index contributed by atoms with van der Waals surface area (Å²) in [5.41, 5.74) is 3.12. The molecule has 5 nitrogen and oxygen atoms in total. The first-order valence-corrected chi connectivity index (χ1v) is 10.3. The zero-order chi connectivity index (χ0) is 19.1. The van der Waals surface area contributed by atoms with Crippen LogP contribution in [0.25, 0.3) is 0 Å². The number of hydrogen-bond donors (Lipinski definition) is 1. The summed E-state index contributed by atoms with van der Waals surface area (Å²) in [5.74, 6) is 3.61. The molecule has 144 valence electrons. The number of anilines is 1. The van der Waals surface area contributed by atoms with Crippen LogP contribution < -0.4 is 14.8 Å². The fraction of sp³-hybridized carbons (Fsp3) is 0.381. The number of thioether (sulfide) groups is 1. The third-order valence-electron chi connectivity index (χ3n) is 4.52. The van der Waals surface area contributed by atoms with E-state index in [1.807, 2.05) is 18.7 Å². The quantitative estimate of drug-likeness (QED) is 0.788. The predicted octanol–water partition coefficient (Wildman–Crippen LogP) is 3.57. The number of rotatable bonds is 7. The van der Waals surface area contributed by atoms with Gasteiger partial charge >= 0.3 is 0 Å². The van der Waals surface area contributed by atoms with Gasteiger partial charge < -0.3 is 14.8 Å². The smallest absolute Gasteiger partial charge is 0.262 e. The predicted molar refractivity (Wildman–Crippen MR) is 111 cm³/mol. The maximum atomic E-state index is 12.3. The summed E-state index contributed by atoms with van der Waals surface area (Å²) in [6.45, 7) is 5.14. The summed E-state index contributed by atoms with van der Waals surface area (Å²) in [4.78, 5) is 14.7. The highest BCUT2D eigenvalue weighted by Gasteiger charge is 2.12. The van der Waals surface area contributed by atoms with Crippen LogP contribution in [0.15, 0.2) is 42.5 Å². The van der Waals surface area contributed by atoms with Crippen molar-refractivity contribution in [2.45, 2.75) is 13.5 Å². The molecule has 1 N–H and O–H groups in total. The van der Waals surface area contributed by atoms with Crippen molar-refractivity contribution in [3.63, 3.8) is 0 Å². The molecule has 1 aliphatic heterocycles. The number of carbonyl (C=O) groups is 1. The summed E-state index contributed by atoms with van der Waals surface area (Å²) in [6, 6.07) is 13.5. The summed E-state index contributed by atoms with van der Waals surface area (Å²) in [6.07, 6.45) is 0. The van der Waals surface area contributed by atoms with Gasteiger partial charge in [0.25, 0.3) is 5.91 Å². The monoisotopic (exact) mass is 386 g/mol. The van der Waals surface area contributed by atoms with Crippen LogP contribution in [0.4, 0.5) is 5.69 Å². The van der Waals surface area contributed by atoms with Crippen molar-refractivity contribution in [3.8, 4) is 11.5 Å². The number of ether oxygens (including phenoxy) is 2.